The van der Waals surface area contributed by atoms with Crippen LogP contribution in [-0.2, 0) is 37.0 Å². The van der Waals surface area contributed by atoms with E-state index in [0.29, 0.717) is 5.82 Å². The zero-order valence-electron chi connectivity index (χ0n) is 17.8. The number of nitrogens with zero attached hydrogens (tertiary/aromatic N) is 4. The second kappa shape index (κ2) is 10.1. The molecule has 0 saturated carbocycles. The van der Waals surface area contributed by atoms with E-state index in [9.17, 15) is 23.1 Å². The number of carbonyl (C=O) groups is 2. The fraction of sp³-hybridized carbons (Fsp3) is 0.450. The lowest BCUT2D eigenvalue weighted by Gasteiger charge is -2.27. The number of amides is 2. The number of ether oxygens (including phenoxy) is 1. The molecule has 1 saturated heterocycles. The number of anilines is 1. The van der Waals surface area contributed by atoms with Crippen molar-refractivity contribution in [1.29, 1.82) is 0 Å². The summed E-state index contributed by atoms with van der Waals surface area (Å²) in [7, 11) is -2.26. The number of likely N-dealkylation sites (N-methyl/N-ethyl adjacent to an activating group) is 1. The molecule has 174 valence electrons. The molecule has 2 amide bonds. The summed E-state index contributed by atoms with van der Waals surface area (Å²) >= 11 is 0. The van der Waals surface area contributed by atoms with Gasteiger partial charge in [-0.05, 0) is 5.56 Å². The van der Waals surface area contributed by atoms with Gasteiger partial charge in [-0.15, -0.1) is 0 Å². The van der Waals surface area contributed by atoms with Gasteiger partial charge >= 0.3 is 6.09 Å². The van der Waals surface area contributed by atoms with Crippen LogP contribution >= 0.6 is 0 Å². The Balaban J connectivity index is 1.78. The molecule has 1 N–H and O–H groups in total. The van der Waals surface area contributed by atoms with E-state index in [4.69, 9.17) is 8.92 Å². The first-order valence-corrected chi connectivity index (χ1v) is 11.8. The zero-order valence-corrected chi connectivity index (χ0v) is 18.6. The molecule has 32 heavy (non-hydrogen) atoms. The van der Waals surface area contributed by atoms with Crippen molar-refractivity contribution >= 4 is 27.9 Å². The summed E-state index contributed by atoms with van der Waals surface area (Å²) in [5.74, 6) is -0.0323. The summed E-state index contributed by atoms with van der Waals surface area (Å²) in [5, 5.41) is 13.3. The van der Waals surface area contributed by atoms with Gasteiger partial charge in [0, 0.05) is 19.5 Å². The summed E-state index contributed by atoms with van der Waals surface area (Å²) in [4.78, 5) is 28.6. The van der Waals surface area contributed by atoms with Gasteiger partial charge in [-0.1, -0.05) is 30.3 Å². The molecule has 0 aliphatic carbocycles. The second-order valence-electron chi connectivity index (χ2n) is 7.40. The molecule has 11 nitrogen and oxygen atoms in total. The fourth-order valence-electron chi connectivity index (χ4n) is 3.57. The summed E-state index contributed by atoms with van der Waals surface area (Å²) < 4.78 is 35.1. The molecule has 1 aromatic heterocycles. The first-order chi connectivity index (χ1) is 15.2. The average Bonchev–Trinajstić information content (AvgIpc) is 3.38. The number of hydrogen-bond donors (Lipinski definition) is 1. The Kier molecular flexibility index (Phi) is 7.48. The van der Waals surface area contributed by atoms with Gasteiger partial charge in [0.15, 0.2) is 0 Å². The van der Waals surface area contributed by atoms with Gasteiger partial charge in [0.05, 0.1) is 38.3 Å². The number of likely N-dealkylation sites (tertiary alicyclic amines) is 1. The third kappa shape index (κ3) is 5.84. The Hall–Kier alpha value is -2.96. The molecular formula is C20H26N4O7S. The predicted octanol–water partition coefficient (Wildman–Crippen LogP) is 0.594. The Morgan fingerprint density at radius 1 is 1.25 bits per heavy atom. The number of carbonyl (C=O) groups excluding carboxylic acids is 2. The fourth-order valence-corrected chi connectivity index (χ4v) is 4.20. The molecule has 1 fully saturated rings. The van der Waals surface area contributed by atoms with Crippen molar-refractivity contribution in [2.24, 2.45) is 0 Å². The van der Waals surface area contributed by atoms with Crippen molar-refractivity contribution in [3.05, 3.63) is 48.2 Å². The number of aliphatic hydroxyl groups excluding tert-OH is 1. The van der Waals surface area contributed by atoms with Gasteiger partial charge in [-0.25, -0.2) is 9.48 Å². The summed E-state index contributed by atoms with van der Waals surface area (Å²) in [6.07, 6.45) is 0.776. The van der Waals surface area contributed by atoms with Crippen LogP contribution in [0.2, 0.25) is 0 Å². The zero-order chi connectivity index (χ0) is 23.3. The van der Waals surface area contributed by atoms with Gasteiger partial charge in [0.2, 0.25) is 0 Å². The normalized spacial score (nSPS) is 18.5. The molecule has 3 rings (SSSR count). The molecule has 0 radical (unpaired) electrons. The number of benzene rings is 1. The highest BCUT2D eigenvalue weighted by molar-refractivity contribution is 7.86. The minimum atomic E-state index is -3.78. The summed E-state index contributed by atoms with van der Waals surface area (Å²) in [5.41, 5.74) is 0.775. The number of aliphatic hydroxyl groups is 1. The highest BCUT2D eigenvalue weighted by atomic mass is 32.2. The third-order valence-electron chi connectivity index (χ3n) is 4.98. The van der Waals surface area contributed by atoms with Crippen LogP contribution in [0.25, 0.3) is 0 Å². The Bertz CT molecular complexity index is 1040. The van der Waals surface area contributed by atoms with Crippen LogP contribution in [0.15, 0.2) is 42.6 Å². The molecule has 1 aliphatic rings. The Morgan fingerprint density at radius 2 is 1.97 bits per heavy atom. The van der Waals surface area contributed by atoms with E-state index < -0.39 is 34.3 Å². The molecule has 1 aromatic carbocycles. The van der Waals surface area contributed by atoms with Crippen molar-refractivity contribution < 1.29 is 32.0 Å². The molecule has 12 heteroatoms. The minimum absolute atomic E-state index is 0.00773. The van der Waals surface area contributed by atoms with Crippen molar-refractivity contribution in [3.8, 4) is 0 Å². The van der Waals surface area contributed by atoms with E-state index in [-0.39, 0.29) is 32.7 Å². The first kappa shape index (κ1) is 23.7. The van der Waals surface area contributed by atoms with Crippen LogP contribution in [0, 0.1) is 0 Å². The van der Waals surface area contributed by atoms with Gasteiger partial charge in [-0.3, -0.25) is 18.8 Å². The molecule has 2 aromatic rings. The van der Waals surface area contributed by atoms with E-state index in [1.807, 2.05) is 18.2 Å². The van der Waals surface area contributed by atoms with Crippen molar-refractivity contribution in [3.63, 3.8) is 0 Å². The van der Waals surface area contributed by atoms with E-state index >= 15 is 0 Å². The number of aromatic nitrogens is 2. The molecular weight excluding hydrogens is 440 g/mol. The number of hydrogen-bond acceptors (Lipinski definition) is 8. The van der Waals surface area contributed by atoms with Gasteiger partial charge in [0.25, 0.3) is 16.0 Å². The monoisotopic (exact) mass is 466 g/mol. The lowest BCUT2D eigenvalue weighted by molar-refractivity contribution is -0.122. The molecule has 0 bridgehead atoms. The minimum Gasteiger partial charge on any atom is -0.445 e. The molecule has 2 heterocycles. The molecule has 0 unspecified atom stereocenters. The smallest absolute Gasteiger partial charge is 0.410 e. The van der Waals surface area contributed by atoms with Crippen LogP contribution in [0.1, 0.15) is 12.0 Å². The summed E-state index contributed by atoms with van der Waals surface area (Å²) in [6.45, 7) is -0.0791. The van der Waals surface area contributed by atoms with E-state index in [0.717, 1.165) is 11.8 Å². The first-order valence-electron chi connectivity index (χ1n) is 9.95. The van der Waals surface area contributed by atoms with Gasteiger partial charge in [0.1, 0.15) is 18.5 Å². The van der Waals surface area contributed by atoms with Crippen LogP contribution in [0.3, 0.4) is 0 Å². The van der Waals surface area contributed by atoms with Crippen LogP contribution in [-0.4, -0.2) is 78.8 Å². The quantitative estimate of drug-likeness (QED) is 0.560. The maximum atomic E-state index is 13.3. The average molecular weight is 467 g/mol. The second-order valence-corrected chi connectivity index (χ2v) is 9.00. The van der Waals surface area contributed by atoms with Crippen LogP contribution in [0.4, 0.5) is 10.6 Å². The third-order valence-corrected chi connectivity index (χ3v) is 5.60. The van der Waals surface area contributed by atoms with Crippen LogP contribution < -0.4 is 4.90 Å². The summed E-state index contributed by atoms with van der Waals surface area (Å²) in [6, 6.07) is 9.66. The van der Waals surface area contributed by atoms with Crippen molar-refractivity contribution in [1.82, 2.24) is 14.7 Å². The lowest BCUT2D eigenvalue weighted by Crippen LogP contribution is -2.47. The molecule has 0 spiro atoms. The Labute approximate surface area is 186 Å². The largest absolute Gasteiger partial charge is 0.445 e. The Morgan fingerprint density at radius 3 is 2.62 bits per heavy atom. The SMILES string of the molecule is CN(C(=O)[C@@H]1C[C@@H](OS(C)(=O)=O)CN1C(=O)OCc1ccccc1)c1ccnn1CCO. The highest BCUT2D eigenvalue weighted by Gasteiger charge is 2.44. The molecule has 2 atom stereocenters. The van der Waals surface area contributed by atoms with E-state index in [1.54, 1.807) is 18.2 Å². The predicted molar refractivity (Wildman–Crippen MR) is 114 cm³/mol. The van der Waals surface area contributed by atoms with Gasteiger partial charge < -0.3 is 9.84 Å². The van der Waals surface area contributed by atoms with E-state index in [2.05, 4.69) is 5.10 Å². The topological polar surface area (TPSA) is 131 Å². The maximum absolute atomic E-state index is 13.3. The van der Waals surface area contributed by atoms with Crippen LogP contribution in [0.5, 0.6) is 0 Å². The lowest BCUT2D eigenvalue weighted by atomic mass is 10.2. The van der Waals surface area contributed by atoms with E-state index in [1.165, 1.54) is 27.7 Å². The highest BCUT2D eigenvalue weighted by Crippen LogP contribution is 2.26. The van der Waals surface area contributed by atoms with Crippen molar-refractivity contribution in [2.75, 3.05) is 31.4 Å². The maximum Gasteiger partial charge on any atom is 0.410 e. The van der Waals surface area contributed by atoms with Gasteiger partial charge in [-0.2, -0.15) is 13.5 Å². The standard InChI is InChI=1S/C20H26N4O7S/c1-22(18-8-9-21-24(18)10-11-25)19(26)17-12-16(31-32(2,28)29)13-23(17)20(27)30-14-15-6-4-3-5-7-15/h3-9,16-17,25H,10-14H2,1-2H3/t16-,17+/m1/s1. The number of rotatable bonds is 8. The molecule has 1 aliphatic heterocycles. The van der Waals surface area contributed by atoms with Crippen molar-refractivity contribution in [2.45, 2.75) is 31.7 Å².